The van der Waals surface area contributed by atoms with Gasteiger partial charge in [-0.05, 0) is 6.07 Å². The number of ether oxygens (including phenoxy) is 1. The Morgan fingerprint density at radius 2 is 2.07 bits per heavy atom. The highest BCUT2D eigenvalue weighted by molar-refractivity contribution is 8.01. The van der Waals surface area contributed by atoms with E-state index in [0.717, 1.165) is 0 Å². The molecule has 0 saturated heterocycles. The molecule has 0 aliphatic rings. The van der Waals surface area contributed by atoms with Gasteiger partial charge < -0.3 is 15.8 Å². The molecule has 0 spiro atoms. The molecule has 0 radical (unpaired) electrons. The van der Waals surface area contributed by atoms with E-state index in [1.165, 1.54) is 41.5 Å². The zero-order valence-electron chi connectivity index (χ0n) is 13.9. The van der Waals surface area contributed by atoms with Crippen LogP contribution in [0.4, 0.5) is 10.1 Å². The van der Waals surface area contributed by atoms with Crippen molar-refractivity contribution in [2.24, 2.45) is 0 Å². The number of nitrogens with zero attached hydrogens (tertiary/aromatic N) is 2. The van der Waals surface area contributed by atoms with Crippen LogP contribution in [0, 0.1) is 0 Å². The van der Waals surface area contributed by atoms with Gasteiger partial charge in [-0.25, -0.2) is 4.79 Å². The van der Waals surface area contributed by atoms with Crippen LogP contribution in [0.3, 0.4) is 0 Å². The number of carbonyl (C=O) groups is 2. The van der Waals surface area contributed by atoms with Crippen LogP contribution in [0.5, 0.6) is 0 Å². The number of halogens is 1. The Morgan fingerprint density at radius 1 is 1.30 bits per heavy atom. The van der Waals surface area contributed by atoms with E-state index in [2.05, 4.69) is 15.5 Å². The summed E-state index contributed by atoms with van der Waals surface area (Å²) in [5, 5.41) is 13.3. The maximum atomic E-state index is 12.3. The minimum absolute atomic E-state index is 0.106. The summed E-state index contributed by atoms with van der Waals surface area (Å²) < 4.78 is 5.48. The van der Waals surface area contributed by atoms with Gasteiger partial charge in [-0.15, -0.1) is 21.5 Å². The van der Waals surface area contributed by atoms with Gasteiger partial charge >= 0.3 is 5.97 Å². The van der Waals surface area contributed by atoms with E-state index in [0.29, 0.717) is 30.6 Å². The lowest BCUT2D eigenvalue weighted by atomic mass is 10.0. The van der Waals surface area contributed by atoms with Crippen molar-refractivity contribution in [3.05, 3.63) is 40.2 Å². The summed E-state index contributed by atoms with van der Waals surface area (Å²) >= 11 is 9.90. The molecule has 1 aromatic carbocycles. The number of aromatic nitrogens is 2. The zero-order chi connectivity index (χ0) is 19.4. The molecule has 0 bridgehead atoms. The number of nitrogens with two attached hydrogens (primary N) is 1. The van der Waals surface area contributed by atoms with Crippen molar-refractivity contribution in [1.82, 2.24) is 10.2 Å². The third-order valence-corrected chi connectivity index (χ3v) is 6.46. The number of amides is 1. The highest BCUT2D eigenvalue weighted by atomic mass is 35.5. The molecule has 2 heterocycles. The van der Waals surface area contributed by atoms with Crippen molar-refractivity contribution in [2.45, 2.75) is 4.34 Å². The van der Waals surface area contributed by atoms with Crippen LogP contribution in [0.15, 0.2) is 34.0 Å². The minimum atomic E-state index is -0.550. The third kappa shape index (κ3) is 4.59. The molecule has 2 aromatic heterocycles. The number of carbonyl (C=O) groups excluding carboxylic acids is 2. The van der Waals surface area contributed by atoms with Crippen molar-refractivity contribution >= 4 is 68.0 Å². The summed E-state index contributed by atoms with van der Waals surface area (Å²) in [6.45, 7) is 0. The second kappa shape index (κ2) is 8.70. The van der Waals surface area contributed by atoms with Crippen LogP contribution < -0.4 is 11.1 Å². The topological polar surface area (TPSA) is 107 Å². The summed E-state index contributed by atoms with van der Waals surface area (Å²) in [4.78, 5) is 24.6. The average molecular weight is 441 g/mol. The normalized spacial score (nSPS) is 10.6. The first-order valence-corrected chi connectivity index (χ1v) is 10.5. The fourth-order valence-electron chi connectivity index (χ4n) is 2.20. The number of nitrogen functional groups attached to an aromatic ring is 1. The molecule has 27 heavy (non-hydrogen) atoms. The van der Waals surface area contributed by atoms with Gasteiger partial charge in [-0.2, -0.15) is 0 Å². The number of esters is 1. The van der Waals surface area contributed by atoms with Gasteiger partial charge in [0, 0.05) is 21.5 Å². The minimum Gasteiger partial charge on any atom is -0.465 e. The lowest BCUT2D eigenvalue weighted by Crippen LogP contribution is -2.16. The molecule has 140 valence electrons. The van der Waals surface area contributed by atoms with Crippen LogP contribution in [-0.2, 0) is 9.53 Å². The number of thioether (sulfide) groups is 1. The fourth-order valence-corrected chi connectivity index (χ4v) is 4.84. The zero-order valence-corrected chi connectivity index (χ0v) is 17.1. The second-order valence-electron chi connectivity index (χ2n) is 5.07. The second-order valence-corrected chi connectivity index (χ2v) is 8.59. The van der Waals surface area contributed by atoms with Crippen molar-refractivity contribution < 1.29 is 14.3 Å². The third-order valence-electron chi connectivity index (χ3n) is 3.35. The Hall–Kier alpha value is -2.14. The van der Waals surface area contributed by atoms with E-state index >= 15 is 0 Å². The smallest absolute Gasteiger partial charge is 0.341 e. The Labute approximate surface area is 171 Å². The number of rotatable bonds is 6. The first kappa shape index (κ1) is 19.6. The molecule has 3 aromatic rings. The van der Waals surface area contributed by atoms with Crippen molar-refractivity contribution in [1.29, 1.82) is 0 Å². The number of hydrogen-bond acceptors (Lipinski definition) is 9. The van der Waals surface area contributed by atoms with Gasteiger partial charge in [0.25, 0.3) is 0 Å². The maximum absolute atomic E-state index is 12.3. The van der Waals surface area contributed by atoms with Gasteiger partial charge in [0.05, 0.1) is 12.9 Å². The van der Waals surface area contributed by atoms with Crippen LogP contribution in [0.2, 0.25) is 5.02 Å². The van der Waals surface area contributed by atoms with Crippen LogP contribution in [-0.4, -0.2) is 34.9 Å². The summed E-state index contributed by atoms with van der Waals surface area (Å²) in [5.41, 5.74) is 7.09. The fraction of sp³-hybridized carbons (Fsp3) is 0.125. The van der Waals surface area contributed by atoms with Gasteiger partial charge in [0.2, 0.25) is 11.0 Å². The Bertz CT molecular complexity index is 989. The molecule has 1 amide bonds. The molecular weight excluding hydrogens is 428 g/mol. The first-order chi connectivity index (χ1) is 13.0. The summed E-state index contributed by atoms with van der Waals surface area (Å²) in [5.74, 6) is -0.730. The van der Waals surface area contributed by atoms with E-state index in [1.54, 1.807) is 23.6 Å². The largest absolute Gasteiger partial charge is 0.465 e. The number of thiophene rings is 1. The molecule has 0 fully saturated rings. The highest BCUT2D eigenvalue weighted by Crippen LogP contribution is 2.39. The van der Waals surface area contributed by atoms with Crippen LogP contribution in [0.25, 0.3) is 11.1 Å². The Balaban J connectivity index is 1.82. The summed E-state index contributed by atoms with van der Waals surface area (Å²) in [6, 6.07) is 7.16. The molecule has 0 unspecified atom stereocenters. The van der Waals surface area contributed by atoms with Crippen molar-refractivity contribution in [2.75, 3.05) is 23.9 Å². The molecular formula is C16H13ClN4O3S3. The average Bonchev–Trinajstić information content (AvgIpc) is 3.26. The van der Waals surface area contributed by atoms with Crippen LogP contribution >= 0.6 is 46.0 Å². The summed E-state index contributed by atoms with van der Waals surface area (Å²) in [7, 11) is 1.29. The number of benzene rings is 1. The number of hydrogen-bond donors (Lipinski definition) is 2. The highest BCUT2D eigenvalue weighted by Gasteiger charge is 2.23. The lowest BCUT2D eigenvalue weighted by molar-refractivity contribution is -0.113. The van der Waals surface area contributed by atoms with Crippen molar-refractivity contribution in [3.63, 3.8) is 0 Å². The molecule has 11 heteroatoms. The van der Waals surface area contributed by atoms with E-state index < -0.39 is 5.97 Å². The quantitative estimate of drug-likeness (QED) is 0.440. The molecule has 7 nitrogen and oxygen atoms in total. The monoisotopic (exact) mass is 440 g/mol. The molecule has 3 N–H and O–H groups in total. The van der Waals surface area contributed by atoms with Gasteiger partial charge in [-0.3, -0.25) is 4.79 Å². The van der Waals surface area contributed by atoms with Crippen LogP contribution in [0.1, 0.15) is 10.4 Å². The van der Waals surface area contributed by atoms with E-state index in [-0.39, 0.29) is 17.2 Å². The molecule has 0 aliphatic carbocycles. The predicted octanol–water partition coefficient (Wildman–Crippen LogP) is 4.02. The SMILES string of the molecule is COC(=O)c1c(-c2ccccc2Cl)csc1NC(=O)CSc1nnc(N)s1. The van der Waals surface area contributed by atoms with E-state index in [1.807, 2.05) is 6.07 Å². The molecule has 3 rings (SSSR count). The van der Waals surface area contributed by atoms with E-state index in [9.17, 15) is 9.59 Å². The lowest BCUT2D eigenvalue weighted by Gasteiger charge is -2.08. The number of nitrogens with one attached hydrogen (secondary N) is 1. The maximum Gasteiger partial charge on any atom is 0.341 e. The van der Waals surface area contributed by atoms with Gasteiger partial charge in [0.15, 0.2) is 4.34 Å². The molecule has 0 saturated carbocycles. The molecule has 0 aliphatic heterocycles. The van der Waals surface area contributed by atoms with E-state index in [4.69, 9.17) is 22.1 Å². The summed E-state index contributed by atoms with van der Waals surface area (Å²) in [6.07, 6.45) is 0. The van der Waals surface area contributed by atoms with Crippen molar-refractivity contribution in [3.8, 4) is 11.1 Å². The predicted molar refractivity (Wildman–Crippen MR) is 110 cm³/mol. The number of methoxy groups -OCH3 is 1. The number of anilines is 2. The Morgan fingerprint density at radius 3 is 2.74 bits per heavy atom. The first-order valence-electron chi connectivity index (χ1n) is 7.46. The molecule has 0 atom stereocenters. The van der Waals surface area contributed by atoms with Gasteiger partial charge in [-0.1, -0.05) is 52.9 Å². The standard InChI is InChI=1S/C16H13ClN4O3S3/c1-24-14(23)12-9(8-4-2-3-5-10(8)17)6-25-13(12)19-11(22)7-26-16-21-20-15(18)27-16/h2-6H,7H2,1H3,(H2,18,20)(H,19,22). The van der Waals surface area contributed by atoms with Gasteiger partial charge in [0.1, 0.15) is 10.6 Å². The Kier molecular flexibility index (Phi) is 6.32.